The van der Waals surface area contributed by atoms with Gasteiger partial charge in [-0.2, -0.15) is 0 Å². The first kappa shape index (κ1) is 26.8. The van der Waals surface area contributed by atoms with E-state index in [1.807, 2.05) is 52.0 Å². The summed E-state index contributed by atoms with van der Waals surface area (Å²) in [5.74, 6) is -0.841. The molecule has 0 aromatic heterocycles. The average Bonchev–Trinajstić information content (AvgIpc) is 2.80. The quantitative estimate of drug-likeness (QED) is 0.187. The molecule has 0 fully saturated rings. The van der Waals surface area contributed by atoms with Crippen LogP contribution >= 0.6 is 0 Å². The van der Waals surface area contributed by atoms with Crippen LogP contribution in [0.1, 0.15) is 85.2 Å². The van der Waals surface area contributed by atoms with Gasteiger partial charge in [0.05, 0.1) is 11.1 Å². The predicted molar refractivity (Wildman–Crippen MR) is 121 cm³/mol. The Labute approximate surface area is 198 Å². The summed E-state index contributed by atoms with van der Waals surface area (Å²) in [7, 11) is 0. The van der Waals surface area contributed by atoms with Crippen molar-refractivity contribution in [2.24, 2.45) is 0 Å². The molecule has 0 saturated heterocycles. The molecular formula is C25H30O9. The first-order chi connectivity index (χ1) is 16.1. The van der Waals surface area contributed by atoms with Crippen molar-refractivity contribution < 1.29 is 43.4 Å². The predicted octanol–water partition coefficient (Wildman–Crippen LogP) is 5.66. The van der Waals surface area contributed by atoms with Gasteiger partial charge in [-0.1, -0.05) is 52.0 Å². The summed E-state index contributed by atoms with van der Waals surface area (Å²) in [6, 6.07) is 13.7. The van der Waals surface area contributed by atoms with Crippen LogP contribution < -0.4 is 0 Å². The van der Waals surface area contributed by atoms with E-state index in [0.717, 1.165) is 11.1 Å². The Kier molecular flexibility index (Phi) is 10.0. The van der Waals surface area contributed by atoms with Gasteiger partial charge in [-0.15, -0.1) is 9.78 Å². The van der Waals surface area contributed by atoms with Gasteiger partial charge in [0, 0.05) is 13.8 Å². The summed E-state index contributed by atoms with van der Waals surface area (Å²) in [4.78, 5) is 54.8. The normalized spacial score (nSPS) is 12.7. The Morgan fingerprint density at radius 3 is 1.18 bits per heavy atom. The van der Waals surface area contributed by atoms with Gasteiger partial charge in [0.15, 0.2) is 0 Å². The molecule has 2 aromatic rings. The molecule has 0 aliphatic heterocycles. The van der Waals surface area contributed by atoms with Gasteiger partial charge >= 0.3 is 18.1 Å². The van der Waals surface area contributed by atoms with E-state index in [0.29, 0.717) is 11.8 Å². The molecule has 2 aromatic carbocycles. The molecule has 0 aliphatic rings. The first-order valence-corrected chi connectivity index (χ1v) is 10.9. The third-order valence-corrected chi connectivity index (χ3v) is 4.67. The summed E-state index contributed by atoms with van der Waals surface area (Å²) in [5, 5.41) is 0. The monoisotopic (exact) mass is 474 g/mol. The molecule has 0 N–H and O–H groups in total. The molecule has 2 rings (SSSR count). The van der Waals surface area contributed by atoms with Crippen LogP contribution in [0.5, 0.6) is 0 Å². The second kappa shape index (κ2) is 12.7. The van der Waals surface area contributed by atoms with Gasteiger partial charge in [0.2, 0.25) is 12.6 Å². The van der Waals surface area contributed by atoms with E-state index in [2.05, 4.69) is 9.78 Å². The Hall–Kier alpha value is -3.43. The van der Waals surface area contributed by atoms with Crippen molar-refractivity contribution in [3.8, 4) is 0 Å². The maximum absolute atomic E-state index is 12.0. The zero-order chi connectivity index (χ0) is 25.3. The minimum absolute atomic E-state index is 0.280. The molecule has 0 saturated carbocycles. The Morgan fingerprint density at radius 2 is 0.882 bits per heavy atom. The van der Waals surface area contributed by atoms with Crippen LogP contribution in [0.3, 0.4) is 0 Å². The van der Waals surface area contributed by atoms with Gasteiger partial charge in [-0.25, -0.2) is 14.4 Å². The van der Waals surface area contributed by atoms with E-state index in [1.165, 1.54) is 13.8 Å². The molecule has 9 nitrogen and oxygen atoms in total. The minimum Gasteiger partial charge on any atom is -0.401 e. The second-order valence-corrected chi connectivity index (χ2v) is 8.11. The van der Waals surface area contributed by atoms with Gasteiger partial charge in [0.25, 0.3) is 0 Å². The highest BCUT2D eigenvalue weighted by molar-refractivity contribution is 5.89. The standard InChI is InChI=1S/C25H30O9/c1-15(2)19-7-11-21(12-8-19)23(26)33-31-17(5)29-25(28)30-18(6)32-34-24(27)22-13-9-20(10-14-22)16(3)4/h7-18H,1-6H3. The summed E-state index contributed by atoms with van der Waals surface area (Å²) >= 11 is 0. The lowest BCUT2D eigenvalue weighted by Crippen LogP contribution is -2.25. The van der Waals surface area contributed by atoms with Crippen molar-refractivity contribution in [2.75, 3.05) is 0 Å². The average molecular weight is 475 g/mol. The number of carbonyl (C=O) groups is 3. The molecule has 2 atom stereocenters. The fourth-order valence-corrected chi connectivity index (χ4v) is 2.67. The summed E-state index contributed by atoms with van der Waals surface area (Å²) in [5.41, 5.74) is 2.70. The van der Waals surface area contributed by atoms with Crippen molar-refractivity contribution in [1.82, 2.24) is 0 Å². The molecule has 0 amide bonds. The van der Waals surface area contributed by atoms with Crippen LogP contribution in [0.15, 0.2) is 48.5 Å². The smallest absolute Gasteiger partial charge is 0.401 e. The Morgan fingerprint density at radius 1 is 0.559 bits per heavy atom. The molecule has 0 aliphatic carbocycles. The lowest BCUT2D eigenvalue weighted by molar-refractivity contribution is -0.340. The van der Waals surface area contributed by atoms with Crippen LogP contribution in [-0.2, 0) is 29.0 Å². The number of rotatable bonds is 10. The van der Waals surface area contributed by atoms with Crippen molar-refractivity contribution in [2.45, 2.75) is 66.0 Å². The van der Waals surface area contributed by atoms with E-state index in [9.17, 15) is 14.4 Å². The van der Waals surface area contributed by atoms with Crippen LogP contribution in [-0.4, -0.2) is 30.7 Å². The third kappa shape index (κ3) is 8.49. The Balaban J connectivity index is 1.70. The number of hydrogen-bond acceptors (Lipinski definition) is 9. The topological polar surface area (TPSA) is 107 Å². The molecule has 9 heteroatoms. The van der Waals surface area contributed by atoms with Crippen LogP contribution in [0.25, 0.3) is 0 Å². The molecule has 0 heterocycles. The molecular weight excluding hydrogens is 444 g/mol. The highest BCUT2D eigenvalue weighted by Gasteiger charge is 2.20. The summed E-state index contributed by atoms with van der Waals surface area (Å²) in [6.45, 7) is 10.8. The summed E-state index contributed by atoms with van der Waals surface area (Å²) in [6.07, 6.45) is -3.71. The number of carbonyl (C=O) groups excluding carboxylic acids is 3. The van der Waals surface area contributed by atoms with Crippen molar-refractivity contribution >= 4 is 18.1 Å². The van der Waals surface area contributed by atoms with E-state index < -0.39 is 30.7 Å². The van der Waals surface area contributed by atoms with Crippen molar-refractivity contribution in [1.29, 1.82) is 0 Å². The van der Waals surface area contributed by atoms with Gasteiger partial charge in [0.1, 0.15) is 0 Å². The fraction of sp³-hybridized carbons (Fsp3) is 0.400. The second-order valence-electron chi connectivity index (χ2n) is 8.11. The highest BCUT2D eigenvalue weighted by Crippen LogP contribution is 2.16. The largest absolute Gasteiger partial charge is 0.513 e. The lowest BCUT2D eigenvalue weighted by Gasteiger charge is -2.15. The van der Waals surface area contributed by atoms with Crippen molar-refractivity contribution in [3.63, 3.8) is 0 Å². The van der Waals surface area contributed by atoms with Crippen molar-refractivity contribution in [3.05, 3.63) is 70.8 Å². The fourth-order valence-electron chi connectivity index (χ4n) is 2.67. The highest BCUT2D eigenvalue weighted by atomic mass is 17.2. The molecule has 0 radical (unpaired) electrons. The number of ether oxygens (including phenoxy) is 2. The molecule has 2 unspecified atom stereocenters. The van der Waals surface area contributed by atoms with Crippen LogP contribution in [0.4, 0.5) is 4.79 Å². The van der Waals surface area contributed by atoms with E-state index >= 15 is 0 Å². The van der Waals surface area contributed by atoms with E-state index in [1.54, 1.807) is 24.3 Å². The van der Waals surface area contributed by atoms with Crippen LogP contribution in [0.2, 0.25) is 0 Å². The molecule has 0 spiro atoms. The van der Waals surface area contributed by atoms with E-state index in [-0.39, 0.29) is 11.1 Å². The Bertz CT molecular complexity index is 872. The third-order valence-electron chi connectivity index (χ3n) is 4.67. The first-order valence-electron chi connectivity index (χ1n) is 10.9. The SMILES string of the molecule is CC(OOC(=O)c1ccc(C(C)C)cc1)OC(=O)OC(C)OOC(=O)c1ccc(C(C)C)cc1. The zero-order valence-electron chi connectivity index (χ0n) is 20.1. The van der Waals surface area contributed by atoms with E-state index in [4.69, 9.17) is 19.2 Å². The molecule has 0 bridgehead atoms. The number of hydrogen-bond donors (Lipinski definition) is 0. The maximum atomic E-state index is 12.0. The van der Waals surface area contributed by atoms with Gasteiger partial charge < -0.3 is 9.47 Å². The maximum Gasteiger partial charge on any atom is 0.513 e. The number of benzene rings is 2. The van der Waals surface area contributed by atoms with Gasteiger partial charge in [-0.05, 0) is 47.2 Å². The molecule has 34 heavy (non-hydrogen) atoms. The van der Waals surface area contributed by atoms with Crippen LogP contribution in [0, 0.1) is 0 Å². The summed E-state index contributed by atoms with van der Waals surface area (Å²) < 4.78 is 9.61. The zero-order valence-corrected chi connectivity index (χ0v) is 20.1. The van der Waals surface area contributed by atoms with Gasteiger partial charge in [-0.3, -0.25) is 9.78 Å². The molecule has 184 valence electrons. The lowest BCUT2D eigenvalue weighted by atomic mass is 10.0. The minimum atomic E-state index is -1.26.